The van der Waals surface area contributed by atoms with E-state index >= 15 is 0 Å². The van der Waals surface area contributed by atoms with Crippen LogP contribution in [0.25, 0.3) is 22.3 Å². The summed E-state index contributed by atoms with van der Waals surface area (Å²) in [6, 6.07) is 20.3. The van der Waals surface area contributed by atoms with Crippen LogP contribution in [0.3, 0.4) is 0 Å². The second-order valence-corrected chi connectivity index (χ2v) is 9.17. The standard InChI is InChI=1S/C31H33NO6/c1-21-28(33)24-12-8-13-25(30(24)38-29(21)23-10-6-5-7-11-23)31(34)37-19-9-17-32(2)18-16-22-14-15-26(35-3)27(20-22)36-4/h5-8,10-15,20H,9,16-19H2,1-4H3. The van der Waals surface area contributed by atoms with Gasteiger partial charge in [-0.3, -0.25) is 4.79 Å². The second kappa shape index (κ2) is 12.4. The van der Waals surface area contributed by atoms with Crippen LogP contribution in [-0.4, -0.2) is 51.8 Å². The highest BCUT2D eigenvalue weighted by molar-refractivity contribution is 6.02. The molecule has 198 valence electrons. The average molecular weight is 516 g/mol. The van der Waals surface area contributed by atoms with Crippen molar-refractivity contribution >= 4 is 16.9 Å². The average Bonchev–Trinajstić information content (AvgIpc) is 2.95. The van der Waals surface area contributed by atoms with Crippen molar-refractivity contribution in [3.8, 4) is 22.8 Å². The van der Waals surface area contributed by atoms with Crippen LogP contribution in [-0.2, 0) is 11.2 Å². The van der Waals surface area contributed by atoms with E-state index < -0.39 is 5.97 Å². The maximum Gasteiger partial charge on any atom is 0.341 e. The third-order valence-corrected chi connectivity index (χ3v) is 6.55. The first-order chi connectivity index (χ1) is 18.4. The number of para-hydroxylation sites is 1. The van der Waals surface area contributed by atoms with Gasteiger partial charge >= 0.3 is 5.97 Å². The predicted molar refractivity (Wildman–Crippen MR) is 148 cm³/mol. The molecule has 7 heteroatoms. The third kappa shape index (κ3) is 6.06. The van der Waals surface area contributed by atoms with Gasteiger partial charge in [0.25, 0.3) is 0 Å². The van der Waals surface area contributed by atoms with Crippen LogP contribution in [0.5, 0.6) is 11.5 Å². The second-order valence-electron chi connectivity index (χ2n) is 9.17. The fourth-order valence-electron chi connectivity index (χ4n) is 4.38. The number of nitrogens with zero attached hydrogens (tertiary/aromatic N) is 1. The Morgan fingerprint density at radius 1 is 0.921 bits per heavy atom. The molecule has 0 aliphatic heterocycles. The molecule has 7 nitrogen and oxygen atoms in total. The van der Waals surface area contributed by atoms with Crippen molar-refractivity contribution in [3.63, 3.8) is 0 Å². The summed E-state index contributed by atoms with van der Waals surface area (Å²) in [5.74, 6) is 1.38. The van der Waals surface area contributed by atoms with Crippen molar-refractivity contribution in [3.05, 3.63) is 93.6 Å². The number of likely N-dealkylation sites (N-methyl/N-ethyl adjacent to an activating group) is 1. The normalized spacial score (nSPS) is 11.1. The first-order valence-corrected chi connectivity index (χ1v) is 12.6. The lowest BCUT2D eigenvalue weighted by Crippen LogP contribution is -2.24. The van der Waals surface area contributed by atoms with Gasteiger partial charge in [0.15, 0.2) is 22.5 Å². The third-order valence-electron chi connectivity index (χ3n) is 6.55. The zero-order valence-corrected chi connectivity index (χ0v) is 22.3. The van der Waals surface area contributed by atoms with E-state index in [9.17, 15) is 9.59 Å². The first-order valence-electron chi connectivity index (χ1n) is 12.6. The molecule has 0 amide bonds. The van der Waals surface area contributed by atoms with Crippen LogP contribution < -0.4 is 14.9 Å². The van der Waals surface area contributed by atoms with Crippen molar-refractivity contribution < 1.29 is 23.4 Å². The molecule has 0 N–H and O–H groups in total. The molecule has 0 atom stereocenters. The van der Waals surface area contributed by atoms with Crippen LogP contribution in [0.4, 0.5) is 0 Å². The van der Waals surface area contributed by atoms with Gasteiger partial charge < -0.3 is 23.5 Å². The van der Waals surface area contributed by atoms with E-state index in [1.54, 1.807) is 39.3 Å². The molecule has 1 heterocycles. The van der Waals surface area contributed by atoms with Crippen molar-refractivity contribution in [2.45, 2.75) is 19.8 Å². The van der Waals surface area contributed by atoms with Gasteiger partial charge in [0.2, 0.25) is 0 Å². The quantitative estimate of drug-likeness (QED) is 0.193. The summed E-state index contributed by atoms with van der Waals surface area (Å²) < 4.78 is 22.4. The summed E-state index contributed by atoms with van der Waals surface area (Å²) in [5, 5.41) is 0.367. The lowest BCUT2D eigenvalue weighted by Gasteiger charge is -2.17. The zero-order valence-electron chi connectivity index (χ0n) is 22.3. The Balaban J connectivity index is 1.36. The molecule has 0 saturated heterocycles. The Hall–Kier alpha value is -4.10. The van der Waals surface area contributed by atoms with Crippen LogP contribution in [0.2, 0.25) is 0 Å². The van der Waals surface area contributed by atoms with E-state index in [4.69, 9.17) is 18.6 Å². The Bertz CT molecular complexity index is 1460. The molecule has 38 heavy (non-hydrogen) atoms. The van der Waals surface area contributed by atoms with Crippen molar-refractivity contribution in [2.24, 2.45) is 0 Å². The molecule has 0 aliphatic carbocycles. The van der Waals surface area contributed by atoms with Gasteiger partial charge in [-0.2, -0.15) is 0 Å². The number of benzene rings is 3. The maximum absolute atomic E-state index is 13.0. The summed E-state index contributed by atoms with van der Waals surface area (Å²) in [6.45, 7) is 3.61. The first kappa shape index (κ1) is 26.9. The highest BCUT2D eigenvalue weighted by Gasteiger charge is 2.19. The molecule has 0 spiro atoms. The molecule has 1 aromatic heterocycles. The van der Waals surface area contributed by atoms with E-state index in [1.807, 2.05) is 55.6 Å². The summed E-state index contributed by atoms with van der Waals surface area (Å²) in [5.41, 5.74) is 2.78. The molecule has 4 aromatic rings. The van der Waals surface area contributed by atoms with E-state index in [-0.39, 0.29) is 23.2 Å². The molecule has 4 rings (SSSR count). The highest BCUT2D eigenvalue weighted by atomic mass is 16.5. The Labute approximate surface area is 222 Å². The monoisotopic (exact) mass is 515 g/mol. The van der Waals surface area contributed by atoms with E-state index in [0.717, 1.165) is 36.4 Å². The number of rotatable bonds is 11. The number of ether oxygens (including phenoxy) is 3. The van der Waals surface area contributed by atoms with Gasteiger partial charge in [0.1, 0.15) is 11.3 Å². The van der Waals surface area contributed by atoms with Crippen LogP contribution in [0.1, 0.15) is 27.9 Å². The summed E-state index contributed by atoms with van der Waals surface area (Å²) >= 11 is 0. The smallest absolute Gasteiger partial charge is 0.341 e. The number of carbonyl (C=O) groups is 1. The van der Waals surface area contributed by atoms with Gasteiger partial charge in [0, 0.05) is 24.2 Å². The minimum atomic E-state index is -0.505. The van der Waals surface area contributed by atoms with Crippen molar-refractivity contribution in [1.29, 1.82) is 0 Å². The highest BCUT2D eigenvalue weighted by Crippen LogP contribution is 2.28. The summed E-state index contributed by atoms with van der Waals surface area (Å²) in [6.07, 6.45) is 1.53. The molecule has 0 unspecified atom stereocenters. The fourth-order valence-corrected chi connectivity index (χ4v) is 4.38. The summed E-state index contributed by atoms with van der Waals surface area (Å²) in [4.78, 5) is 28.2. The zero-order chi connectivity index (χ0) is 27.1. The Morgan fingerprint density at radius 3 is 2.42 bits per heavy atom. The van der Waals surface area contributed by atoms with Gasteiger partial charge in [-0.15, -0.1) is 0 Å². The number of esters is 1. The van der Waals surface area contributed by atoms with E-state index in [2.05, 4.69) is 4.90 Å². The van der Waals surface area contributed by atoms with Gasteiger partial charge in [-0.25, -0.2) is 4.79 Å². The molecule has 0 aliphatic rings. The Kier molecular flexibility index (Phi) is 8.81. The van der Waals surface area contributed by atoms with Crippen LogP contribution in [0.15, 0.2) is 75.9 Å². The lowest BCUT2D eigenvalue weighted by molar-refractivity contribution is 0.0492. The molecular weight excluding hydrogens is 482 g/mol. The molecule has 0 saturated carbocycles. The number of methoxy groups -OCH3 is 2. The number of hydrogen-bond acceptors (Lipinski definition) is 7. The van der Waals surface area contributed by atoms with E-state index in [1.165, 1.54) is 0 Å². The topological polar surface area (TPSA) is 78.2 Å². The van der Waals surface area contributed by atoms with Crippen LogP contribution >= 0.6 is 0 Å². The van der Waals surface area contributed by atoms with E-state index in [0.29, 0.717) is 28.9 Å². The Morgan fingerprint density at radius 2 is 1.68 bits per heavy atom. The predicted octanol–water partition coefficient (Wildman–Crippen LogP) is 5.51. The lowest BCUT2D eigenvalue weighted by atomic mass is 10.0. The molecule has 3 aromatic carbocycles. The minimum absolute atomic E-state index is 0.157. The van der Waals surface area contributed by atoms with Crippen molar-refractivity contribution in [2.75, 3.05) is 41.0 Å². The number of hydrogen-bond donors (Lipinski definition) is 0. The van der Waals surface area contributed by atoms with Gasteiger partial charge in [-0.05, 0) is 56.6 Å². The van der Waals surface area contributed by atoms with Crippen molar-refractivity contribution in [1.82, 2.24) is 4.90 Å². The van der Waals surface area contributed by atoms with Gasteiger partial charge in [-0.1, -0.05) is 42.5 Å². The van der Waals surface area contributed by atoms with Gasteiger partial charge in [0.05, 0.1) is 26.2 Å². The molecule has 0 bridgehead atoms. The molecule has 0 radical (unpaired) electrons. The van der Waals surface area contributed by atoms with Crippen LogP contribution in [0, 0.1) is 6.92 Å². The SMILES string of the molecule is COc1ccc(CCN(C)CCCOC(=O)c2cccc3c(=O)c(C)c(-c4ccccc4)oc23)cc1OC. The molecule has 0 fully saturated rings. The minimum Gasteiger partial charge on any atom is -0.493 e. The molecular formula is C31H33NO6. The number of carbonyl (C=O) groups excluding carboxylic acids is 1. The largest absolute Gasteiger partial charge is 0.493 e. The summed E-state index contributed by atoms with van der Waals surface area (Å²) in [7, 11) is 5.29. The number of fused-ring (bicyclic) bond motifs is 1. The maximum atomic E-state index is 13.0. The fraction of sp³-hybridized carbons (Fsp3) is 0.290.